The summed E-state index contributed by atoms with van der Waals surface area (Å²) in [5.74, 6) is 1.42. The van der Waals surface area contributed by atoms with Gasteiger partial charge in [-0.05, 0) is 24.6 Å². The second kappa shape index (κ2) is 5.77. The van der Waals surface area contributed by atoms with Gasteiger partial charge >= 0.3 is 0 Å². The molecule has 1 aromatic carbocycles. The van der Waals surface area contributed by atoms with Crippen molar-refractivity contribution in [3.63, 3.8) is 0 Å². The lowest BCUT2D eigenvalue weighted by atomic mass is 10.1. The van der Waals surface area contributed by atoms with Crippen LogP contribution >= 0.6 is 0 Å². The predicted octanol–water partition coefficient (Wildman–Crippen LogP) is 1.73. The molecule has 0 saturated heterocycles. The topological polar surface area (TPSA) is 56.5 Å². The summed E-state index contributed by atoms with van der Waals surface area (Å²) < 4.78 is 13.3. The van der Waals surface area contributed by atoms with Gasteiger partial charge in [0, 0.05) is 19.2 Å². The van der Waals surface area contributed by atoms with Gasteiger partial charge in [-0.3, -0.25) is 4.68 Å². The molecule has 0 aliphatic carbocycles. The Morgan fingerprint density at radius 1 is 1.38 bits per heavy atom. The van der Waals surface area contributed by atoms with Crippen molar-refractivity contribution in [2.24, 2.45) is 7.05 Å². The number of fused-ring (bicyclic) bond motifs is 1. The van der Waals surface area contributed by atoms with Gasteiger partial charge in [-0.25, -0.2) is 0 Å². The summed E-state index contributed by atoms with van der Waals surface area (Å²) in [6, 6.07) is 9.55. The molecule has 3 rings (SSSR count). The average molecular weight is 288 g/mol. The first-order chi connectivity index (χ1) is 10.2. The molecule has 2 aromatic rings. The van der Waals surface area contributed by atoms with E-state index in [0.29, 0.717) is 18.8 Å². The molecule has 2 heterocycles. The first-order valence-electron chi connectivity index (χ1n) is 7.25. The van der Waals surface area contributed by atoms with Crippen LogP contribution in [0, 0.1) is 0 Å². The van der Waals surface area contributed by atoms with Crippen molar-refractivity contribution in [3.05, 3.63) is 41.7 Å². The molecule has 0 fully saturated rings. The van der Waals surface area contributed by atoms with Gasteiger partial charge in [0.2, 0.25) is 0 Å². The summed E-state index contributed by atoms with van der Waals surface area (Å²) in [6.07, 6.45) is 0.401. The fourth-order valence-corrected chi connectivity index (χ4v) is 2.51. The lowest BCUT2D eigenvalue weighted by Gasteiger charge is -2.29. The van der Waals surface area contributed by atoms with Gasteiger partial charge in [0.25, 0.3) is 0 Å². The van der Waals surface area contributed by atoms with E-state index < -0.39 is 6.10 Å². The molecule has 5 heteroatoms. The van der Waals surface area contributed by atoms with Gasteiger partial charge in [-0.1, -0.05) is 19.1 Å². The lowest BCUT2D eigenvalue weighted by molar-refractivity contribution is -0.0102. The van der Waals surface area contributed by atoms with Gasteiger partial charge in [-0.2, -0.15) is 5.10 Å². The summed E-state index contributed by atoms with van der Waals surface area (Å²) >= 11 is 0. The SMILES string of the molecule is CCc1cc(CC(O)C2COc3ccccc3O2)n(C)n1. The second-order valence-corrected chi connectivity index (χ2v) is 5.29. The molecule has 0 bridgehead atoms. The Morgan fingerprint density at radius 2 is 2.14 bits per heavy atom. The number of hydrogen-bond acceptors (Lipinski definition) is 4. The van der Waals surface area contributed by atoms with Crippen LogP contribution in [0.2, 0.25) is 0 Å². The third-order valence-electron chi connectivity index (χ3n) is 3.77. The fraction of sp³-hybridized carbons (Fsp3) is 0.438. The molecule has 1 aliphatic rings. The maximum Gasteiger partial charge on any atom is 0.161 e. The second-order valence-electron chi connectivity index (χ2n) is 5.29. The number of aliphatic hydroxyl groups is 1. The zero-order valence-electron chi connectivity index (χ0n) is 12.3. The van der Waals surface area contributed by atoms with Crippen LogP contribution in [0.5, 0.6) is 11.5 Å². The Labute approximate surface area is 124 Å². The van der Waals surface area contributed by atoms with Gasteiger partial charge in [0.1, 0.15) is 6.61 Å². The summed E-state index contributed by atoms with van der Waals surface area (Å²) in [5, 5.41) is 14.8. The Kier molecular flexibility index (Phi) is 3.84. The van der Waals surface area contributed by atoms with Crippen molar-refractivity contribution in [1.82, 2.24) is 9.78 Å². The van der Waals surface area contributed by atoms with Crippen LogP contribution < -0.4 is 9.47 Å². The highest BCUT2D eigenvalue weighted by atomic mass is 16.6. The van der Waals surface area contributed by atoms with Gasteiger partial charge in [0.05, 0.1) is 11.8 Å². The molecular formula is C16H20N2O3. The van der Waals surface area contributed by atoms with Crippen LogP contribution in [0.1, 0.15) is 18.3 Å². The highest BCUT2D eigenvalue weighted by Gasteiger charge is 2.28. The molecule has 2 unspecified atom stereocenters. The largest absolute Gasteiger partial charge is 0.486 e. The minimum Gasteiger partial charge on any atom is -0.486 e. The molecule has 0 amide bonds. The standard InChI is InChI=1S/C16H20N2O3/c1-3-11-8-12(18(2)17-11)9-13(19)16-10-20-14-6-4-5-7-15(14)21-16/h4-8,13,16,19H,3,9-10H2,1-2H3. The molecule has 1 aromatic heterocycles. The Bertz CT molecular complexity index is 624. The van der Waals surface area contributed by atoms with E-state index in [1.807, 2.05) is 42.1 Å². The third-order valence-corrected chi connectivity index (χ3v) is 3.77. The highest BCUT2D eigenvalue weighted by Crippen LogP contribution is 2.31. The third kappa shape index (κ3) is 2.88. The van der Waals surface area contributed by atoms with Crippen molar-refractivity contribution >= 4 is 0 Å². The zero-order chi connectivity index (χ0) is 14.8. The maximum atomic E-state index is 10.4. The van der Waals surface area contributed by atoms with Crippen molar-refractivity contribution in [2.75, 3.05) is 6.61 Å². The fourth-order valence-electron chi connectivity index (χ4n) is 2.51. The molecule has 0 spiro atoms. The molecule has 112 valence electrons. The molecule has 5 nitrogen and oxygen atoms in total. The van der Waals surface area contributed by atoms with E-state index >= 15 is 0 Å². The molecular weight excluding hydrogens is 268 g/mol. The smallest absolute Gasteiger partial charge is 0.161 e. The number of benzene rings is 1. The number of hydrogen-bond donors (Lipinski definition) is 1. The number of para-hydroxylation sites is 2. The number of ether oxygens (including phenoxy) is 2. The van der Waals surface area contributed by atoms with Crippen molar-refractivity contribution < 1.29 is 14.6 Å². The number of aliphatic hydroxyl groups excluding tert-OH is 1. The number of aromatic nitrogens is 2. The van der Waals surface area contributed by atoms with Gasteiger partial charge < -0.3 is 14.6 Å². The highest BCUT2D eigenvalue weighted by molar-refractivity contribution is 5.40. The van der Waals surface area contributed by atoms with Crippen LogP contribution in [0.3, 0.4) is 0 Å². The van der Waals surface area contributed by atoms with E-state index in [9.17, 15) is 5.11 Å². The Balaban J connectivity index is 1.69. The average Bonchev–Trinajstić information content (AvgIpc) is 2.87. The number of aryl methyl sites for hydroxylation is 2. The molecule has 1 N–H and O–H groups in total. The van der Waals surface area contributed by atoms with E-state index in [2.05, 4.69) is 12.0 Å². The maximum absolute atomic E-state index is 10.4. The summed E-state index contributed by atoms with van der Waals surface area (Å²) in [5.41, 5.74) is 2.03. The molecule has 21 heavy (non-hydrogen) atoms. The Hall–Kier alpha value is -2.01. The zero-order valence-corrected chi connectivity index (χ0v) is 12.3. The van der Waals surface area contributed by atoms with E-state index in [1.54, 1.807) is 0 Å². The van der Waals surface area contributed by atoms with Crippen LogP contribution in [0.25, 0.3) is 0 Å². The van der Waals surface area contributed by atoms with Gasteiger partial charge in [0.15, 0.2) is 17.6 Å². The van der Waals surface area contributed by atoms with E-state index in [0.717, 1.165) is 23.6 Å². The van der Waals surface area contributed by atoms with Crippen molar-refractivity contribution in [2.45, 2.75) is 32.0 Å². The predicted molar refractivity (Wildman–Crippen MR) is 78.6 cm³/mol. The number of rotatable bonds is 4. The van der Waals surface area contributed by atoms with Crippen LogP contribution in [0.4, 0.5) is 0 Å². The normalized spacial score (nSPS) is 18.5. The molecule has 2 atom stereocenters. The van der Waals surface area contributed by atoms with Crippen LogP contribution in [-0.2, 0) is 19.9 Å². The first kappa shape index (κ1) is 13.9. The molecule has 1 aliphatic heterocycles. The van der Waals surface area contributed by atoms with E-state index in [4.69, 9.17) is 9.47 Å². The Morgan fingerprint density at radius 3 is 2.86 bits per heavy atom. The van der Waals surface area contributed by atoms with Crippen molar-refractivity contribution in [3.8, 4) is 11.5 Å². The van der Waals surface area contributed by atoms with E-state index in [1.165, 1.54) is 0 Å². The molecule has 0 saturated carbocycles. The monoisotopic (exact) mass is 288 g/mol. The summed E-state index contributed by atoms with van der Waals surface area (Å²) in [4.78, 5) is 0. The lowest BCUT2D eigenvalue weighted by Crippen LogP contribution is -2.41. The van der Waals surface area contributed by atoms with Crippen LogP contribution in [-0.4, -0.2) is 33.7 Å². The summed E-state index contributed by atoms with van der Waals surface area (Å²) in [6.45, 7) is 2.42. The van der Waals surface area contributed by atoms with Crippen LogP contribution in [0.15, 0.2) is 30.3 Å². The minimum absolute atomic E-state index is 0.358. The first-order valence-corrected chi connectivity index (χ1v) is 7.25. The van der Waals surface area contributed by atoms with E-state index in [-0.39, 0.29) is 6.10 Å². The minimum atomic E-state index is -0.626. The molecule has 0 radical (unpaired) electrons. The van der Waals surface area contributed by atoms with Gasteiger partial charge in [-0.15, -0.1) is 0 Å². The number of nitrogens with zero attached hydrogens (tertiary/aromatic N) is 2. The van der Waals surface area contributed by atoms with Crippen molar-refractivity contribution in [1.29, 1.82) is 0 Å². The summed E-state index contributed by atoms with van der Waals surface area (Å²) in [7, 11) is 1.90. The quantitative estimate of drug-likeness (QED) is 0.931.